The second-order valence-electron chi connectivity index (χ2n) is 6.65. The summed E-state index contributed by atoms with van der Waals surface area (Å²) in [6.07, 6.45) is 5.19. The van der Waals surface area contributed by atoms with Crippen LogP contribution in [0.2, 0.25) is 0 Å². The maximum absolute atomic E-state index is 14.3. The van der Waals surface area contributed by atoms with Crippen LogP contribution in [0, 0.1) is 11.6 Å². The molecule has 1 aromatic heterocycles. The van der Waals surface area contributed by atoms with Crippen molar-refractivity contribution >= 4 is 44.2 Å². The molecule has 0 saturated heterocycles. The van der Waals surface area contributed by atoms with Gasteiger partial charge in [0.05, 0.1) is 6.54 Å². The number of rotatable bonds is 4. The van der Waals surface area contributed by atoms with Crippen molar-refractivity contribution in [1.82, 2.24) is 4.57 Å². The van der Waals surface area contributed by atoms with E-state index in [1.807, 2.05) is 0 Å². The van der Waals surface area contributed by atoms with Crippen molar-refractivity contribution in [3.63, 3.8) is 0 Å². The molecule has 29 heavy (non-hydrogen) atoms. The van der Waals surface area contributed by atoms with Crippen LogP contribution in [0.25, 0.3) is 16.5 Å². The van der Waals surface area contributed by atoms with E-state index < -0.39 is 17.6 Å². The lowest BCUT2D eigenvalue weighted by Gasteiger charge is -2.12. The zero-order valence-electron chi connectivity index (χ0n) is 15.0. The zero-order valence-corrected chi connectivity index (χ0v) is 16.5. The number of hydrogen-bond donors (Lipinski definition) is 1. The molecule has 0 spiro atoms. The fourth-order valence-electron chi connectivity index (χ4n) is 3.57. The minimum Gasteiger partial charge on any atom is -0.477 e. The minimum atomic E-state index is -1.24. The molecule has 1 heterocycles. The number of halogens is 3. The highest BCUT2D eigenvalue weighted by molar-refractivity contribution is 9.10. The highest BCUT2D eigenvalue weighted by Crippen LogP contribution is 2.36. The normalized spacial score (nSPS) is 13.8. The van der Waals surface area contributed by atoms with Crippen molar-refractivity contribution in [2.24, 2.45) is 0 Å². The third-order valence-electron chi connectivity index (χ3n) is 4.84. The van der Waals surface area contributed by atoms with Gasteiger partial charge in [-0.3, -0.25) is 4.79 Å². The van der Waals surface area contributed by atoms with Crippen molar-refractivity contribution < 1.29 is 23.5 Å². The number of fused-ring (bicyclic) bond motifs is 1. The van der Waals surface area contributed by atoms with Crippen LogP contribution >= 0.6 is 15.9 Å². The van der Waals surface area contributed by atoms with Gasteiger partial charge in [-0.2, -0.15) is 0 Å². The quantitative estimate of drug-likeness (QED) is 0.574. The Morgan fingerprint density at radius 3 is 2.66 bits per heavy atom. The maximum atomic E-state index is 14.3. The van der Waals surface area contributed by atoms with Gasteiger partial charge in [-0.05, 0) is 24.3 Å². The van der Waals surface area contributed by atoms with Gasteiger partial charge in [0.2, 0.25) is 0 Å². The highest BCUT2D eigenvalue weighted by Gasteiger charge is 2.28. The van der Waals surface area contributed by atoms with Crippen molar-refractivity contribution in [1.29, 1.82) is 0 Å². The molecule has 0 saturated carbocycles. The molecule has 0 unspecified atom stereocenters. The Morgan fingerprint density at radius 2 is 1.97 bits per heavy atom. The van der Waals surface area contributed by atoms with Crippen LogP contribution in [0.15, 0.2) is 59.1 Å². The Bertz CT molecular complexity index is 1240. The minimum absolute atomic E-state index is 0.114. The average Bonchev–Trinajstić information content (AvgIpc) is 2.98. The third-order valence-corrected chi connectivity index (χ3v) is 5.34. The fourth-order valence-corrected chi connectivity index (χ4v) is 3.93. The predicted octanol–water partition coefficient (Wildman–Crippen LogP) is 5.34. The number of Topliss-reactive ketones (excluding diaryl/α,β-unsaturated/α-hetero) is 1. The SMILES string of the molecule is O=C1CC=CC=C1c1c(C(=O)O)n(Cc2ccc(F)cc2F)c2ccc(Br)cc12. The Hall–Kier alpha value is -3.06. The van der Waals surface area contributed by atoms with Gasteiger partial charge in [-0.15, -0.1) is 0 Å². The summed E-state index contributed by atoms with van der Waals surface area (Å²) in [6.45, 7) is -0.122. The number of hydrogen-bond acceptors (Lipinski definition) is 2. The van der Waals surface area contributed by atoms with E-state index in [4.69, 9.17) is 0 Å². The standard InChI is InChI=1S/C22H14BrF2NO3/c23-13-6-8-18-16(9-13)20(15-3-1-2-4-19(15)27)21(22(28)29)26(18)11-12-5-7-14(24)10-17(12)25/h1-3,5-10H,4,11H2,(H,28,29). The van der Waals surface area contributed by atoms with Gasteiger partial charge in [-0.1, -0.05) is 40.2 Å². The number of carboxylic acid groups (broad SMARTS) is 1. The molecule has 2 aromatic carbocycles. The molecule has 4 nitrogen and oxygen atoms in total. The fraction of sp³-hybridized carbons (Fsp3) is 0.0909. The Morgan fingerprint density at radius 1 is 1.17 bits per heavy atom. The molecule has 1 aliphatic rings. The summed E-state index contributed by atoms with van der Waals surface area (Å²) >= 11 is 3.39. The van der Waals surface area contributed by atoms with Gasteiger partial charge >= 0.3 is 5.97 Å². The number of aromatic nitrogens is 1. The van der Waals surface area contributed by atoms with Gasteiger partial charge in [0.1, 0.15) is 17.3 Å². The molecule has 0 fully saturated rings. The molecular weight excluding hydrogens is 444 g/mol. The number of carbonyl (C=O) groups excluding carboxylic acids is 1. The molecule has 0 amide bonds. The van der Waals surface area contributed by atoms with Crippen LogP contribution in [0.4, 0.5) is 8.78 Å². The van der Waals surface area contributed by atoms with E-state index >= 15 is 0 Å². The molecule has 1 N–H and O–H groups in total. The van der Waals surface area contributed by atoms with Gasteiger partial charge in [-0.25, -0.2) is 13.6 Å². The van der Waals surface area contributed by atoms with Crippen LogP contribution in [-0.2, 0) is 11.3 Å². The summed E-state index contributed by atoms with van der Waals surface area (Å²) in [4.78, 5) is 24.8. The van der Waals surface area contributed by atoms with Gasteiger partial charge < -0.3 is 9.67 Å². The molecule has 0 radical (unpaired) electrons. The lowest BCUT2D eigenvalue weighted by Crippen LogP contribution is -2.14. The second kappa shape index (κ2) is 7.40. The number of carbonyl (C=O) groups is 2. The average molecular weight is 458 g/mol. The molecule has 0 atom stereocenters. The monoisotopic (exact) mass is 457 g/mol. The molecule has 0 bridgehead atoms. The van der Waals surface area contributed by atoms with Gasteiger partial charge in [0.25, 0.3) is 0 Å². The molecule has 7 heteroatoms. The highest BCUT2D eigenvalue weighted by atomic mass is 79.9. The smallest absolute Gasteiger partial charge is 0.353 e. The molecule has 1 aliphatic carbocycles. The van der Waals surface area contributed by atoms with E-state index in [0.29, 0.717) is 26.5 Å². The van der Waals surface area contributed by atoms with Crippen molar-refractivity contribution in [2.75, 3.05) is 0 Å². The van der Waals surface area contributed by atoms with Crippen molar-refractivity contribution in [3.05, 3.63) is 87.6 Å². The Balaban J connectivity index is 2.03. The van der Waals surface area contributed by atoms with Gasteiger partial charge in [0.15, 0.2) is 5.78 Å². The van der Waals surface area contributed by atoms with E-state index in [2.05, 4.69) is 15.9 Å². The largest absolute Gasteiger partial charge is 0.477 e. The molecule has 4 rings (SSSR count). The Labute approximate surface area is 172 Å². The van der Waals surface area contributed by atoms with Crippen LogP contribution in [0.5, 0.6) is 0 Å². The molecular formula is C22H14BrF2NO3. The first-order valence-corrected chi connectivity index (χ1v) is 9.55. The summed E-state index contributed by atoms with van der Waals surface area (Å²) in [5.74, 6) is -2.91. The van der Waals surface area contributed by atoms with Crippen molar-refractivity contribution in [2.45, 2.75) is 13.0 Å². The number of aromatic carboxylic acids is 1. The third kappa shape index (κ3) is 3.42. The van der Waals surface area contributed by atoms with E-state index in [0.717, 1.165) is 12.1 Å². The number of carboxylic acids is 1. The second-order valence-corrected chi connectivity index (χ2v) is 7.56. The number of ketones is 1. The van der Waals surface area contributed by atoms with E-state index in [1.54, 1.807) is 36.4 Å². The molecule has 3 aromatic rings. The lowest BCUT2D eigenvalue weighted by atomic mass is 9.93. The molecule has 146 valence electrons. The first-order chi connectivity index (χ1) is 13.9. The number of benzene rings is 2. The Kier molecular flexibility index (Phi) is 4.92. The lowest BCUT2D eigenvalue weighted by molar-refractivity contribution is -0.113. The topological polar surface area (TPSA) is 59.3 Å². The van der Waals surface area contributed by atoms with Crippen molar-refractivity contribution in [3.8, 4) is 0 Å². The van der Waals surface area contributed by atoms with Crippen LogP contribution < -0.4 is 0 Å². The van der Waals surface area contributed by atoms with E-state index in [1.165, 1.54) is 10.6 Å². The summed E-state index contributed by atoms with van der Waals surface area (Å²) in [5, 5.41) is 10.5. The number of nitrogens with zero attached hydrogens (tertiary/aromatic N) is 1. The summed E-state index contributed by atoms with van der Waals surface area (Å²) in [7, 11) is 0. The molecule has 0 aliphatic heterocycles. The predicted molar refractivity (Wildman–Crippen MR) is 109 cm³/mol. The van der Waals surface area contributed by atoms with E-state index in [9.17, 15) is 23.5 Å². The first kappa shape index (κ1) is 19.3. The summed E-state index contributed by atoms with van der Waals surface area (Å²) in [6, 6.07) is 8.36. The number of allylic oxidation sites excluding steroid dienone is 4. The summed E-state index contributed by atoms with van der Waals surface area (Å²) < 4.78 is 29.7. The van der Waals surface area contributed by atoms with E-state index in [-0.39, 0.29) is 30.0 Å². The summed E-state index contributed by atoms with van der Waals surface area (Å²) in [5.41, 5.74) is 1.16. The van der Waals surface area contributed by atoms with Crippen LogP contribution in [-0.4, -0.2) is 21.4 Å². The zero-order chi connectivity index (χ0) is 20.7. The maximum Gasteiger partial charge on any atom is 0.353 e. The van der Waals surface area contributed by atoms with Gasteiger partial charge in [0, 0.05) is 44.6 Å². The first-order valence-electron chi connectivity index (χ1n) is 8.76. The van der Waals surface area contributed by atoms with Crippen LogP contribution in [0.3, 0.4) is 0 Å². The van der Waals surface area contributed by atoms with Crippen LogP contribution in [0.1, 0.15) is 28.0 Å².